The fourth-order valence-electron chi connectivity index (χ4n) is 0.929. The number of aromatic hydroxyl groups is 1. The summed E-state index contributed by atoms with van der Waals surface area (Å²) in [6.07, 6.45) is 2.64. The van der Waals surface area contributed by atoms with Gasteiger partial charge in [-0.3, -0.25) is 0 Å². The molecule has 2 rings (SSSR count). The lowest BCUT2D eigenvalue weighted by Crippen LogP contribution is -1.62. The minimum absolute atomic E-state index is 0.455. The van der Waals surface area contributed by atoms with Crippen LogP contribution in [0.15, 0.2) is 12.1 Å². The average molecular weight is 140 g/mol. The van der Waals surface area contributed by atoms with Gasteiger partial charge in [-0.1, -0.05) is 0 Å². The van der Waals surface area contributed by atoms with Gasteiger partial charge in [0.15, 0.2) is 5.06 Å². The van der Waals surface area contributed by atoms with Crippen LogP contribution < -0.4 is 0 Å². The van der Waals surface area contributed by atoms with E-state index in [0.29, 0.717) is 5.06 Å². The van der Waals surface area contributed by atoms with Crippen LogP contribution in [0.5, 0.6) is 5.06 Å². The normalized spacial score (nSPS) is 18.2. The minimum atomic E-state index is 0.455. The monoisotopic (exact) mass is 140 g/mol. The molecule has 1 aliphatic rings. The summed E-state index contributed by atoms with van der Waals surface area (Å²) in [5, 5.41) is 9.40. The smallest absolute Gasteiger partial charge is 0.171 e. The fraction of sp³-hybridized carbons (Fsp3) is 0.429. The lowest BCUT2D eigenvalue weighted by Gasteiger charge is -1.83. The maximum Gasteiger partial charge on any atom is 0.171 e. The van der Waals surface area contributed by atoms with Crippen LogP contribution in [0.4, 0.5) is 0 Å². The molecule has 1 aromatic heterocycles. The van der Waals surface area contributed by atoms with Gasteiger partial charge in [-0.2, -0.15) is 0 Å². The molecule has 0 amide bonds. The number of thiophene rings is 1. The van der Waals surface area contributed by atoms with Crippen LogP contribution >= 0.6 is 11.3 Å². The van der Waals surface area contributed by atoms with E-state index in [1.165, 1.54) is 29.1 Å². The lowest BCUT2D eigenvalue weighted by molar-refractivity contribution is 0.491. The zero-order valence-corrected chi connectivity index (χ0v) is 5.82. The van der Waals surface area contributed by atoms with E-state index < -0.39 is 0 Å². The molecule has 0 unspecified atom stereocenters. The molecule has 0 radical (unpaired) electrons. The van der Waals surface area contributed by atoms with Crippen molar-refractivity contribution < 1.29 is 5.11 Å². The minimum Gasteiger partial charge on any atom is -0.499 e. The third-order valence-electron chi connectivity index (χ3n) is 1.59. The summed E-state index contributed by atoms with van der Waals surface area (Å²) in [4.78, 5) is 1.35. The van der Waals surface area contributed by atoms with Gasteiger partial charge in [0.25, 0.3) is 0 Å². The standard InChI is InChI=1S/C7H8OS/c8-7-4-3-6(9-7)5-1-2-5/h3-5,8H,1-2H2. The molecule has 1 fully saturated rings. The molecule has 1 N–H and O–H groups in total. The van der Waals surface area contributed by atoms with E-state index in [9.17, 15) is 0 Å². The van der Waals surface area contributed by atoms with Crippen molar-refractivity contribution in [3.05, 3.63) is 17.0 Å². The van der Waals surface area contributed by atoms with Crippen LogP contribution in [0.1, 0.15) is 23.6 Å². The van der Waals surface area contributed by atoms with Crippen molar-refractivity contribution in [2.75, 3.05) is 0 Å². The van der Waals surface area contributed by atoms with Gasteiger partial charge < -0.3 is 5.11 Å². The van der Waals surface area contributed by atoms with Crippen LogP contribution in [-0.4, -0.2) is 5.11 Å². The highest BCUT2D eigenvalue weighted by Gasteiger charge is 2.24. The van der Waals surface area contributed by atoms with E-state index in [0.717, 1.165) is 5.92 Å². The first-order chi connectivity index (χ1) is 4.36. The Labute approximate surface area is 58.0 Å². The zero-order chi connectivity index (χ0) is 6.27. The molecule has 1 saturated carbocycles. The number of rotatable bonds is 1. The van der Waals surface area contributed by atoms with Crippen LogP contribution in [-0.2, 0) is 0 Å². The van der Waals surface area contributed by atoms with Crippen molar-refractivity contribution in [2.45, 2.75) is 18.8 Å². The van der Waals surface area contributed by atoms with Crippen molar-refractivity contribution in [2.24, 2.45) is 0 Å². The Kier molecular flexibility index (Phi) is 1.02. The molecule has 1 heterocycles. The van der Waals surface area contributed by atoms with Gasteiger partial charge in [0.2, 0.25) is 0 Å². The van der Waals surface area contributed by atoms with Crippen molar-refractivity contribution in [1.29, 1.82) is 0 Å². The molecule has 1 nitrogen and oxygen atoms in total. The van der Waals surface area contributed by atoms with Crippen LogP contribution in [0, 0.1) is 0 Å². The van der Waals surface area contributed by atoms with Gasteiger partial charge in [0.1, 0.15) is 0 Å². The Hall–Kier alpha value is -0.500. The second-order valence-electron chi connectivity index (χ2n) is 2.45. The highest BCUT2D eigenvalue weighted by atomic mass is 32.1. The summed E-state index contributed by atoms with van der Waals surface area (Å²) in [5.74, 6) is 0.788. The van der Waals surface area contributed by atoms with Gasteiger partial charge in [-0.05, 0) is 30.9 Å². The number of hydrogen-bond acceptors (Lipinski definition) is 2. The van der Waals surface area contributed by atoms with Crippen molar-refractivity contribution in [1.82, 2.24) is 0 Å². The predicted molar refractivity (Wildman–Crippen MR) is 38.0 cm³/mol. The van der Waals surface area contributed by atoms with Crippen LogP contribution in [0.25, 0.3) is 0 Å². The molecule has 9 heavy (non-hydrogen) atoms. The number of hydrogen-bond donors (Lipinski definition) is 1. The molecule has 0 saturated heterocycles. The molecule has 0 aliphatic heterocycles. The Morgan fingerprint density at radius 1 is 1.44 bits per heavy atom. The highest BCUT2D eigenvalue weighted by Crippen LogP contribution is 2.44. The highest BCUT2D eigenvalue weighted by molar-refractivity contribution is 7.13. The van der Waals surface area contributed by atoms with Crippen LogP contribution in [0.2, 0.25) is 0 Å². The molecule has 48 valence electrons. The van der Waals surface area contributed by atoms with Gasteiger partial charge in [0, 0.05) is 4.88 Å². The predicted octanol–water partition coefficient (Wildman–Crippen LogP) is 2.33. The molecule has 0 atom stereocenters. The second kappa shape index (κ2) is 1.74. The first-order valence-electron chi connectivity index (χ1n) is 3.15. The van der Waals surface area contributed by atoms with Gasteiger partial charge in [-0.15, -0.1) is 11.3 Å². The fourth-order valence-corrected chi connectivity index (χ4v) is 1.85. The third kappa shape index (κ3) is 0.944. The van der Waals surface area contributed by atoms with E-state index >= 15 is 0 Å². The maximum atomic E-state index is 8.95. The first-order valence-corrected chi connectivity index (χ1v) is 3.96. The SMILES string of the molecule is Oc1ccc(C2CC2)s1. The van der Waals surface area contributed by atoms with Gasteiger partial charge in [-0.25, -0.2) is 0 Å². The summed E-state index contributed by atoms with van der Waals surface area (Å²) in [7, 11) is 0. The summed E-state index contributed by atoms with van der Waals surface area (Å²) in [6, 6.07) is 3.80. The molecule has 0 bridgehead atoms. The third-order valence-corrected chi connectivity index (χ3v) is 2.64. The van der Waals surface area contributed by atoms with Crippen LogP contribution in [0.3, 0.4) is 0 Å². The Morgan fingerprint density at radius 3 is 2.67 bits per heavy atom. The van der Waals surface area contributed by atoms with Gasteiger partial charge in [0.05, 0.1) is 0 Å². The maximum absolute atomic E-state index is 8.95. The lowest BCUT2D eigenvalue weighted by atomic mass is 10.3. The van der Waals surface area contributed by atoms with E-state index in [4.69, 9.17) is 5.11 Å². The molecule has 0 spiro atoms. The van der Waals surface area contributed by atoms with Crippen molar-refractivity contribution in [3.63, 3.8) is 0 Å². The van der Waals surface area contributed by atoms with Crippen molar-refractivity contribution in [3.8, 4) is 5.06 Å². The van der Waals surface area contributed by atoms with E-state index in [-0.39, 0.29) is 0 Å². The summed E-state index contributed by atoms with van der Waals surface area (Å²) >= 11 is 1.51. The van der Waals surface area contributed by atoms with E-state index in [1.54, 1.807) is 6.07 Å². The molecule has 1 aliphatic carbocycles. The van der Waals surface area contributed by atoms with Crippen molar-refractivity contribution >= 4 is 11.3 Å². The topological polar surface area (TPSA) is 20.2 Å². The molecular formula is C7H8OS. The molecule has 0 aromatic carbocycles. The summed E-state index contributed by atoms with van der Waals surface area (Å²) in [5.41, 5.74) is 0. The Bertz CT molecular complexity index is 212. The van der Waals surface area contributed by atoms with Gasteiger partial charge >= 0.3 is 0 Å². The molecular weight excluding hydrogens is 132 g/mol. The quantitative estimate of drug-likeness (QED) is 0.634. The second-order valence-corrected chi connectivity index (χ2v) is 3.54. The largest absolute Gasteiger partial charge is 0.499 e. The molecule has 2 heteroatoms. The zero-order valence-electron chi connectivity index (χ0n) is 5.00. The summed E-state index contributed by atoms with van der Waals surface area (Å²) in [6.45, 7) is 0. The Morgan fingerprint density at radius 2 is 2.22 bits per heavy atom. The average Bonchev–Trinajstić information content (AvgIpc) is 2.58. The van der Waals surface area contributed by atoms with E-state index in [2.05, 4.69) is 0 Å². The van der Waals surface area contributed by atoms with E-state index in [1.807, 2.05) is 6.07 Å². The molecule has 1 aromatic rings. The Balaban J connectivity index is 2.28. The first kappa shape index (κ1) is 5.30. The summed E-state index contributed by atoms with van der Waals surface area (Å²) < 4.78 is 0.